The number of amides is 4. The third-order valence-corrected chi connectivity index (χ3v) is 8.19. The van der Waals surface area contributed by atoms with Crippen LogP contribution in [0.1, 0.15) is 41.4 Å². The lowest BCUT2D eigenvalue weighted by molar-refractivity contribution is 0.0910. The first-order valence-corrected chi connectivity index (χ1v) is 14.8. The molecular formula is C38H22N2O8. The Morgan fingerprint density at radius 2 is 0.729 bits per heavy atom. The van der Waals surface area contributed by atoms with Gasteiger partial charge in [-0.15, -0.1) is 0 Å². The molecule has 4 amide bonds. The van der Waals surface area contributed by atoms with Gasteiger partial charge in [-0.3, -0.25) is 19.2 Å². The molecule has 0 aromatic heterocycles. The summed E-state index contributed by atoms with van der Waals surface area (Å²) in [6.45, 7) is 0. The van der Waals surface area contributed by atoms with Crippen molar-refractivity contribution in [3.63, 3.8) is 0 Å². The van der Waals surface area contributed by atoms with Crippen molar-refractivity contribution in [2.24, 2.45) is 0 Å². The second-order valence-electron chi connectivity index (χ2n) is 11.2. The molecule has 0 aliphatic carbocycles. The van der Waals surface area contributed by atoms with E-state index in [1.807, 2.05) is 24.3 Å². The molecule has 2 heterocycles. The first-order chi connectivity index (χ1) is 23.2. The molecule has 0 radical (unpaired) electrons. The van der Waals surface area contributed by atoms with Crippen molar-refractivity contribution in [3.8, 4) is 34.5 Å². The molecule has 8 rings (SSSR count). The van der Waals surface area contributed by atoms with Crippen LogP contribution in [0.15, 0.2) is 121 Å². The Labute approximate surface area is 272 Å². The van der Waals surface area contributed by atoms with Crippen LogP contribution in [0, 0.1) is 0 Å². The minimum atomic E-state index is -0.489. The number of benzene rings is 6. The number of phenols is 2. The van der Waals surface area contributed by atoms with E-state index in [0.717, 1.165) is 20.6 Å². The van der Waals surface area contributed by atoms with Crippen molar-refractivity contribution in [2.45, 2.75) is 0 Å². The smallest absolute Gasteiger partial charge is 0.266 e. The van der Waals surface area contributed by atoms with Crippen molar-refractivity contribution in [2.75, 3.05) is 9.80 Å². The molecule has 6 aromatic rings. The number of ether oxygens (including phenoxy) is 2. The van der Waals surface area contributed by atoms with E-state index < -0.39 is 23.6 Å². The van der Waals surface area contributed by atoms with Crippen LogP contribution in [0.5, 0.6) is 34.5 Å². The highest BCUT2D eigenvalue weighted by Gasteiger charge is 2.38. The minimum absolute atomic E-state index is 0.0248. The van der Waals surface area contributed by atoms with Gasteiger partial charge in [0.2, 0.25) is 0 Å². The number of carbonyl (C=O) groups is 4. The SMILES string of the molecule is O=C1c2ccc(Oc3ccc4ccc(Oc5ccc6c(c5)C(=O)N(c5ccc(O)cc5)C6=O)cc4c3)cc2C(=O)N1c1ccc(O)cc1. The topological polar surface area (TPSA) is 134 Å². The first-order valence-electron chi connectivity index (χ1n) is 14.8. The predicted octanol–water partition coefficient (Wildman–Crippen LogP) is 7.44. The molecule has 6 aromatic carbocycles. The first kappa shape index (κ1) is 28.5. The Morgan fingerprint density at radius 3 is 1.15 bits per heavy atom. The highest BCUT2D eigenvalue weighted by Crippen LogP contribution is 2.36. The van der Waals surface area contributed by atoms with E-state index in [9.17, 15) is 29.4 Å². The second-order valence-corrected chi connectivity index (χ2v) is 11.2. The number of aromatic hydroxyl groups is 2. The lowest BCUT2D eigenvalue weighted by Gasteiger charge is -2.13. The van der Waals surface area contributed by atoms with Crippen LogP contribution in [0.4, 0.5) is 11.4 Å². The number of hydrogen-bond acceptors (Lipinski definition) is 8. The summed E-state index contributed by atoms with van der Waals surface area (Å²) in [6, 6.07) is 32.0. The third kappa shape index (κ3) is 4.76. The summed E-state index contributed by atoms with van der Waals surface area (Å²) in [7, 11) is 0. The van der Waals surface area contributed by atoms with Crippen LogP contribution in [-0.2, 0) is 0 Å². The molecule has 232 valence electrons. The Hall–Kier alpha value is -6.94. The molecule has 48 heavy (non-hydrogen) atoms. The average Bonchev–Trinajstić information content (AvgIpc) is 3.48. The monoisotopic (exact) mass is 634 g/mol. The van der Waals surface area contributed by atoms with E-state index in [-0.39, 0.29) is 33.8 Å². The van der Waals surface area contributed by atoms with E-state index in [0.29, 0.717) is 34.4 Å². The Kier molecular flexibility index (Phi) is 6.45. The van der Waals surface area contributed by atoms with Crippen molar-refractivity contribution in [1.29, 1.82) is 0 Å². The maximum atomic E-state index is 13.2. The summed E-state index contributed by atoms with van der Waals surface area (Å²) < 4.78 is 12.2. The Balaban J connectivity index is 1.02. The summed E-state index contributed by atoms with van der Waals surface area (Å²) in [4.78, 5) is 54.5. The van der Waals surface area contributed by atoms with Gasteiger partial charge in [-0.25, -0.2) is 9.80 Å². The van der Waals surface area contributed by atoms with Gasteiger partial charge in [0.05, 0.1) is 33.6 Å². The van der Waals surface area contributed by atoms with E-state index in [4.69, 9.17) is 9.47 Å². The number of nitrogens with zero attached hydrogens (tertiary/aromatic N) is 2. The summed E-state index contributed by atoms with van der Waals surface area (Å²) in [5.41, 5.74) is 1.64. The number of rotatable bonds is 6. The molecule has 0 unspecified atom stereocenters. The van der Waals surface area contributed by atoms with Gasteiger partial charge in [-0.2, -0.15) is 0 Å². The molecule has 0 fully saturated rings. The number of imide groups is 2. The van der Waals surface area contributed by atoms with Crippen LogP contribution in [-0.4, -0.2) is 33.8 Å². The molecule has 2 aliphatic rings. The normalized spacial score (nSPS) is 13.7. The highest BCUT2D eigenvalue weighted by atomic mass is 16.5. The van der Waals surface area contributed by atoms with Gasteiger partial charge in [0.1, 0.15) is 34.5 Å². The molecule has 10 heteroatoms. The van der Waals surface area contributed by atoms with Crippen molar-refractivity contribution < 1.29 is 38.9 Å². The zero-order valence-corrected chi connectivity index (χ0v) is 24.8. The Morgan fingerprint density at radius 1 is 0.375 bits per heavy atom. The van der Waals surface area contributed by atoms with Gasteiger partial charge in [0, 0.05) is 0 Å². The summed E-state index contributed by atoms with van der Waals surface area (Å²) in [6.07, 6.45) is 0. The van der Waals surface area contributed by atoms with E-state index in [1.54, 1.807) is 36.4 Å². The molecule has 0 spiro atoms. The van der Waals surface area contributed by atoms with Crippen LogP contribution in [0.3, 0.4) is 0 Å². The quantitative estimate of drug-likeness (QED) is 0.181. The fourth-order valence-corrected chi connectivity index (χ4v) is 5.84. The molecule has 2 aliphatic heterocycles. The molecule has 2 N–H and O–H groups in total. The fraction of sp³-hybridized carbons (Fsp3) is 0. The zero-order chi connectivity index (χ0) is 33.1. The van der Waals surface area contributed by atoms with Crippen molar-refractivity contribution >= 4 is 45.8 Å². The summed E-state index contributed by atoms with van der Waals surface area (Å²) in [5.74, 6) is -0.131. The highest BCUT2D eigenvalue weighted by molar-refractivity contribution is 6.35. The van der Waals surface area contributed by atoms with E-state index >= 15 is 0 Å². The van der Waals surface area contributed by atoms with Gasteiger partial charge in [-0.1, -0.05) is 12.1 Å². The van der Waals surface area contributed by atoms with Crippen LogP contribution in [0.2, 0.25) is 0 Å². The lowest BCUT2D eigenvalue weighted by atomic mass is 10.1. The summed E-state index contributed by atoms with van der Waals surface area (Å²) in [5, 5.41) is 20.9. The number of anilines is 2. The molecule has 0 bridgehead atoms. The molecule has 0 saturated heterocycles. The van der Waals surface area contributed by atoms with Gasteiger partial charge < -0.3 is 19.7 Å². The standard InChI is InChI=1S/C38H22N2O8/c41-25-7-3-23(4-8-25)39-35(43)31-15-13-29(19-33(31)37(39)45)47-27-11-1-21-2-12-28(18-22(21)17-27)48-30-14-16-32-34(20-30)38(46)40(36(32)44)24-5-9-26(42)10-6-24/h1-20,41-42H. The maximum Gasteiger partial charge on any atom is 0.266 e. The second kappa shape index (κ2) is 10.8. The maximum absolute atomic E-state index is 13.2. The van der Waals surface area contributed by atoms with Gasteiger partial charge in [0.15, 0.2) is 0 Å². The largest absolute Gasteiger partial charge is 0.508 e. The van der Waals surface area contributed by atoms with E-state index in [1.165, 1.54) is 60.7 Å². The van der Waals surface area contributed by atoms with Crippen molar-refractivity contribution in [3.05, 3.63) is 144 Å². The van der Waals surface area contributed by atoms with Crippen molar-refractivity contribution in [1.82, 2.24) is 0 Å². The number of phenolic OH excluding ortho intramolecular Hbond substituents is 2. The summed E-state index contributed by atoms with van der Waals surface area (Å²) >= 11 is 0. The molecule has 10 nitrogen and oxygen atoms in total. The van der Waals surface area contributed by atoms with Crippen LogP contribution in [0.25, 0.3) is 10.8 Å². The number of fused-ring (bicyclic) bond motifs is 3. The van der Waals surface area contributed by atoms with Crippen LogP contribution < -0.4 is 19.3 Å². The molecular weight excluding hydrogens is 612 g/mol. The average molecular weight is 635 g/mol. The zero-order valence-electron chi connectivity index (χ0n) is 24.8. The van der Waals surface area contributed by atoms with E-state index in [2.05, 4.69) is 0 Å². The predicted molar refractivity (Wildman–Crippen MR) is 175 cm³/mol. The Bertz CT molecular complexity index is 2190. The van der Waals surface area contributed by atoms with Gasteiger partial charge in [-0.05, 0) is 120 Å². The van der Waals surface area contributed by atoms with Gasteiger partial charge >= 0.3 is 0 Å². The minimum Gasteiger partial charge on any atom is -0.508 e. The fourth-order valence-electron chi connectivity index (χ4n) is 5.84. The number of carbonyl (C=O) groups excluding carboxylic acids is 4. The molecule has 0 saturated carbocycles. The van der Waals surface area contributed by atoms with Gasteiger partial charge in [0.25, 0.3) is 23.6 Å². The molecule has 0 atom stereocenters. The lowest BCUT2D eigenvalue weighted by Crippen LogP contribution is -2.29. The van der Waals surface area contributed by atoms with Crippen LogP contribution >= 0.6 is 0 Å². The third-order valence-electron chi connectivity index (χ3n) is 8.19. The number of hydrogen-bond donors (Lipinski definition) is 2.